The van der Waals surface area contributed by atoms with Gasteiger partial charge in [0.2, 0.25) is 5.91 Å². The molecule has 1 N–H and O–H groups in total. The van der Waals surface area contributed by atoms with Crippen molar-refractivity contribution in [3.8, 4) is 11.3 Å². The van der Waals surface area contributed by atoms with Gasteiger partial charge in [-0.3, -0.25) is 14.6 Å². The fraction of sp³-hybridized carbons (Fsp3) is 0.273. The molecule has 0 radical (unpaired) electrons. The summed E-state index contributed by atoms with van der Waals surface area (Å²) >= 11 is 0. The maximum absolute atomic E-state index is 13.1. The highest BCUT2D eigenvalue weighted by molar-refractivity contribution is 6.00. The van der Waals surface area contributed by atoms with Crippen LogP contribution in [0.25, 0.3) is 11.3 Å². The highest BCUT2D eigenvalue weighted by Gasteiger charge is 2.60. The van der Waals surface area contributed by atoms with Crippen molar-refractivity contribution in [1.82, 2.24) is 15.5 Å². The third-order valence-electron chi connectivity index (χ3n) is 5.87. The van der Waals surface area contributed by atoms with Crippen molar-refractivity contribution in [2.75, 3.05) is 18.0 Å². The maximum atomic E-state index is 13.1. The summed E-state index contributed by atoms with van der Waals surface area (Å²) in [6.45, 7) is 1.11. The van der Waals surface area contributed by atoms with E-state index in [0.29, 0.717) is 24.8 Å². The first-order valence-electron chi connectivity index (χ1n) is 9.84. The Morgan fingerprint density at radius 2 is 2.10 bits per heavy atom. The van der Waals surface area contributed by atoms with Crippen LogP contribution in [0.5, 0.6) is 0 Å². The fourth-order valence-electron chi connectivity index (χ4n) is 4.26. The van der Waals surface area contributed by atoms with Gasteiger partial charge in [0.1, 0.15) is 5.82 Å². The van der Waals surface area contributed by atoms with E-state index < -0.39 is 0 Å². The number of halogens is 1. The molecule has 2 fully saturated rings. The van der Waals surface area contributed by atoms with Gasteiger partial charge in [0.05, 0.1) is 0 Å². The topological polar surface area (TPSA) is 88.3 Å². The van der Waals surface area contributed by atoms with Crippen LogP contribution in [0, 0.1) is 23.6 Å². The number of carbonyl (C=O) groups is 2. The van der Waals surface area contributed by atoms with Crippen LogP contribution < -0.4 is 10.2 Å². The first-order valence-corrected chi connectivity index (χ1v) is 9.84. The number of nitrogens with one attached hydrogen (secondary N) is 1. The number of hydrogen-bond acceptors (Lipinski definition) is 5. The van der Waals surface area contributed by atoms with Gasteiger partial charge in [-0.05, 0) is 54.7 Å². The lowest BCUT2D eigenvalue weighted by atomic mass is 10.1. The SMILES string of the molecule is O=C(NCC[C@@H]1[C@H]2CN(c3ccc(F)cc3)C(=O)[C@@H]12)c1cc(-c2cccnc2)on1. The Kier molecular flexibility index (Phi) is 4.54. The lowest BCUT2D eigenvalue weighted by molar-refractivity contribution is -0.119. The minimum atomic E-state index is -0.316. The number of anilines is 1. The molecule has 1 saturated heterocycles. The molecule has 5 rings (SSSR count). The molecule has 152 valence electrons. The third kappa shape index (κ3) is 3.34. The number of carbonyl (C=O) groups excluding carboxylic acids is 2. The molecule has 3 aromatic rings. The summed E-state index contributed by atoms with van der Waals surface area (Å²) < 4.78 is 18.3. The van der Waals surface area contributed by atoms with Gasteiger partial charge >= 0.3 is 0 Å². The first kappa shape index (κ1) is 18.5. The molecule has 2 aromatic heterocycles. The van der Waals surface area contributed by atoms with Crippen LogP contribution in [0.15, 0.2) is 59.4 Å². The second-order valence-corrected chi connectivity index (χ2v) is 7.64. The molecule has 1 saturated carbocycles. The van der Waals surface area contributed by atoms with E-state index in [9.17, 15) is 14.0 Å². The van der Waals surface area contributed by atoms with E-state index in [2.05, 4.69) is 15.5 Å². The van der Waals surface area contributed by atoms with Crippen molar-refractivity contribution in [2.45, 2.75) is 6.42 Å². The van der Waals surface area contributed by atoms with Crippen LogP contribution in [-0.2, 0) is 4.79 Å². The third-order valence-corrected chi connectivity index (χ3v) is 5.87. The molecular weight excluding hydrogens is 387 g/mol. The molecule has 2 amide bonds. The van der Waals surface area contributed by atoms with Crippen molar-refractivity contribution in [3.63, 3.8) is 0 Å². The summed E-state index contributed by atoms with van der Waals surface area (Å²) in [5.41, 5.74) is 1.69. The molecule has 1 aromatic carbocycles. The molecule has 3 heterocycles. The average Bonchev–Trinajstić information content (AvgIpc) is 3.09. The van der Waals surface area contributed by atoms with E-state index in [4.69, 9.17) is 4.52 Å². The summed E-state index contributed by atoms with van der Waals surface area (Å²) in [7, 11) is 0. The number of aromatic nitrogens is 2. The van der Waals surface area contributed by atoms with Gasteiger partial charge in [0, 0.05) is 48.7 Å². The van der Waals surface area contributed by atoms with E-state index in [-0.39, 0.29) is 35.2 Å². The van der Waals surface area contributed by atoms with E-state index in [1.165, 1.54) is 12.1 Å². The van der Waals surface area contributed by atoms with Crippen LogP contribution in [0.2, 0.25) is 0 Å². The van der Waals surface area contributed by atoms with Crippen LogP contribution in [0.1, 0.15) is 16.9 Å². The molecule has 8 heteroatoms. The summed E-state index contributed by atoms with van der Waals surface area (Å²) in [5, 5.41) is 6.67. The summed E-state index contributed by atoms with van der Waals surface area (Å²) in [5.74, 6) is 0.512. The van der Waals surface area contributed by atoms with Crippen LogP contribution >= 0.6 is 0 Å². The molecule has 1 aliphatic heterocycles. The molecule has 0 bridgehead atoms. The van der Waals surface area contributed by atoms with E-state index >= 15 is 0 Å². The Bertz CT molecular complexity index is 1080. The smallest absolute Gasteiger partial charge is 0.273 e. The standard InChI is InChI=1S/C22H19FN4O3/c23-14-3-5-15(6-4-14)27-12-17-16(20(17)22(27)29)7-9-25-21(28)18-10-19(30-26-18)13-2-1-8-24-11-13/h1-6,8,10-11,16-17,20H,7,9,12H2,(H,25,28)/t16-,17-,20+/m1/s1. The zero-order valence-corrected chi connectivity index (χ0v) is 16.0. The monoisotopic (exact) mass is 406 g/mol. The van der Waals surface area contributed by atoms with Crippen molar-refractivity contribution in [1.29, 1.82) is 0 Å². The van der Waals surface area contributed by atoms with E-state index in [0.717, 1.165) is 17.7 Å². The molecular formula is C22H19FN4O3. The van der Waals surface area contributed by atoms with Gasteiger partial charge in [-0.1, -0.05) is 5.16 Å². The lowest BCUT2D eigenvalue weighted by Crippen LogP contribution is -2.31. The van der Waals surface area contributed by atoms with Crippen molar-refractivity contribution in [2.24, 2.45) is 17.8 Å². The average molecular weight is 406 g/mol. The lowest BCUT2D eigenvalue weighted by Gasteiger charge is -2.20. The minimum absolute atomic E-state index is 0.00353. The molecule has 1 aliphatic carbocycles. The van der Waals surface area contributed by atoms with Gasteiger partial charge in [-0.25, -0.2) is 4.39 Å². The number of fused-ring (bicyclic) bond motifs is 1. The zero-order chi connectivity index (χ0) is 20.7. The van der Waals surface area contributed by atoms with Crippen molar-refractivity contribution < 1.29 is 18.5 Å². The predicted molar refractivity (Wildman–Crippen MR) is 106 cm³/mol. The van der Waals surface area contributed by atoms with Crippen LogP contribution in [-0.4, -0.2) is 35.0 Å². The minimum Gasteiger partial charge on any atom is -0.355 e. The first-order chi connectivity index (χ1) is 14.6. The van der Waals surface area contributed by atoms with Crippen molar-refractivity contribution >= 4 is 17.5 Å². The Balaban J connectivity index is 1.11. The largest absolute Gasteiger partial charge is 0.355 e. The maximum Gasteiger partial charge on any atom is 0.273 e. The molecule has 0 unspecified atom stereocenters. The van der Waals surface area contributed by atoms with Gasteiger partial charge in [-0.2, -0.15) is 0 Å². The highest BCUT2D eigenvalue weighted by Crippen LogP contribution is 2.54. The summed E-state index contributed by atoms with van der Waals surface area (Å²) in [6.07, 6.45) is 4.03. The molecule has 2 aliphatic rings. The molecule has 30 heavy (non-hydrogen) atoms. The fourth-order valence-corrected chi connectivity index (χ4v) is 4.26. The Morgan fingerprint density at radius 1 is 1.27 bits per heavy atom. The zero-order valence-electron chi connectivity index (χ0n) is 16.0. The quantitative estimate of drug-likeness (QED) is 0.680. The molecule has 3 atom stereocenters. The van der Waals surface area contributed by atoms with E-state index in [1.54, 1.807) is 41.6 Å². The second kappa shape index (κ2) is 7.37. The van der Waals surface area contributed by atoms with Gasteiger partial charge in [0.25, 0.3) is 5.91 Å². The second-order valence-electron chi connectivity index (χ2n) is 7.64. The number of rotatable bonds is 6. The Hall–Kier alpha value is -3.55. The Morgan fingerprint density at radius 3 is 2.80 bits per heavy atom. The number of piperidine rings is 1. The normalized spacial score (nSPS) is 22.1. The van der Waals surface area contributed by atoms with Gasteiger partial charge < -0.3 is 14.7 Å². The number of hydrogen-bond donors (Lipinski definition) is 1. The number of benzene rings is 1. The number of pyridine rings is 1. The predicted octanol–water partition coefficient (Wildman–Crippen LogP) is 2.90. The van der Waals surface area contributed by atoms with Crippen LogP contribution in [0.4, 0.5) is 10.1 Å². The van der Waals surface area contributed by atoms with Gasteiger partial charge in [-0.15, -0.1) is 0 Å². The molecule has 0 spiro atoms. The Labute approximate surface area is 171 Å². The number of nitrogens with zero attached hydrogens (tertiary/aromatic N) is 3. The van der Waals surface area contributed by atoms with E-state index in [1.807, 2.05) is 6.07 Å². The van der Waals surface area contributed by atoms with Crippen molar-refractivity contribution in [3.05, 3.63) is 66.4 Å². The van der Waals surface area contributed by atoms with Gasteiger partial charge in [0.15, 0.2) is 11.5 Å². The number of amides is 2. The summed E-state index contributed by atoms with van der Waals surface area (Å²) in [6, 6.07) is 11.2. The van der Waals surface area contributed by atoms with Crippen LogP contribution in [0.3, 0.4) is 0 Å². The molecule has 7 nitrogen and oxygen atoms in total. The summed E-state index contributed by atoms with van der Waals surface area (Å²) in [4.78, 5) is 30.7. The highest BCUT2D eigenvalue weighted by atomic mass is 19.1.